The van der Waals surface area contributed by atoms with Gasteiger partial charge in [-0.25, -0.2) is 0 Å². The fraction of sp³-hybridized carbons (Fsp3) is 0.517. The number of thiol groups is 1. The van der Waals surface area contributed by atoms with Crippen LogP contribution in [0, 0.1) is 5.92 Å². The highest BCUT2D eigenvalue weighted by molar-refractivity contribution is 7.99. The first-order chi connectivity index (χ1) is 18.6. The number of rotatable bonds is 16. The van der Waals surface area contributed by atoms with Gasteiger partial charge in [0, 0.05) is 31.7 Å². The standard InChI is InChI=1S/C29H41N3O4S2/c1-35-17-16-30-26(19-37)29(34)32-27(21-38-20-23-8-4-2-5-9-23)28(33)31-18-22-12-14-25(15-13-22)36-24-10-6-3-7-11-24/h3,6-7,10-15,23,26-27,30,37H,2,4-5,8-9,16-21H2,1H3,(H,31,33)(H,32,34)/t26-,27-/m0/s1. The molecule has 1 aliphatic rings. The highest BCUT2D eigenvalue weighted by Gasteiger charge is 2.25. The van der Waals surface area contributed by atoms with Crippen LogP contribution in [0.15, 0.2) is 54.6 Å². The summed E-state index contributed by atoms with van der Waals surface area (Å²) >= 11 is 6.07. The van der Waals surface area contributed by atoms with E-state index >= 15 is 0 Å². The quantitative estimate of drug-likeness (QED) is 0.180. The van der Waals surface area contributed by atoms with Crippen LogP contribution in [0.1, 0.15) is 37.7 Å². The lowest BCUT2D eigenvalue weighted by Gasteiger charge is -2.24. The first-order valence-electron chi connectivity index (χ1n) is 13.4. The highest BCUT2D eigenvalue weighted by atomic mass is 32.2. The molecular formula is C29H41N3O4S2. The van der Waals surface area contributed by atoms with E-state index in [1.165, 1.54) is 32.1 Å². The highest BCUT2D eigenvalue weighted by Crippen LogP contribution is 2.27. The monoisotopic (exact) mass is 559 g/mol. The Balaban J connectivity index is 1.54. The number of carbonyl (C=O) groups is 2. The molecule has 7 nitrogen and oxygen atoms in total. The molecule has 0 radical (unpaired) electrons. The SMILES string of the molecule is COCCN[C@@H](CS)C(=O)N[C@@H](CSCC1CCCCC1)C(=O)NCc1ccc(Oc2ccccc2)cc1. The number of hydrogen-bond acceptors (Lipinski definition) is 7. The van der Waals surface area contributed by atoms with Gasteiger partial charge in [0.1, 0.15) is 17.5 Å². The summed E-state index contributed by atoms with van der Waals surface area (Å²) < 4.78 is 10.9. The normalized spacial score (nSPS) is 15.4. The van der Waals surface area contributed by atoms with Crippen LogP contribution in [0.2, 0.25) is 0 Å². The second-order valence-electron chi connectivity index (χ2n) is 9.56. The number of methoxy groups -OCH3 is 1. The molecule has 3 rings (SSSR count). The van der Waals surface area contributed by atoms with Gasteiger partial charge < -0.3 is 25.4 Å². The summed E-state index contributed by atoms with van der Waals surface area (Å²) in [5, 5.41) is 9.10. The lowest BCUT2D eigenvalue weighted by Crippen LogP contribution is -2.54. The van der Waals surface area contributed by atoms with Gasteiger partial charge in [-0.15, -0.1) is 0 Å². The summed E-state index contributed by atoms with van der Waals surface area (Å²) in [7, 11) is 1.62. The molecule has 0 aromatic heterocycles. The summed E-state index contributed by atoms with van der Waals surface area (Å²) in [6.45, 7) is 1.40. The number of benzene rings is 2. The second-order valence-corrected chi connectivity index (χ2v) is 11.0. The van der Waals surface area contributed by atoms with Crippen molar-refractivity contribution < 1.29 is 19.1 Å². The maximum absolute atomic E-state index is 13.2. The molecule has 208 valence electrons. The van der Waals surface area contributed by atoms with Gasteiger partial charge in [0.05, 0.1) is 12.6 Å². The van der Waals surface area contributed by atoms with Crippen molar-refractivity contribution in [2.45, 2.75) is 50.7 Å². The van der Waals surface area contributed by atoms with E-state index in [0.29, 0.717) is 37.1 Å². The summed E-state index contributed by atoms with van der Waals surface area (Å²) in [5.41, 5.74) is 0.952. The molecule has 1 aliphatic carbocycles. The molecule has 2 atom stereocenters. The maximum atomic E-state index is 13.2. The number of hydrogen-bond donors (Lipinski definition) is 4. The Labute approximate surface area is 236 Å². The molecular weight excluding hydrogens is 518 g/mol. The third-order valence-electron chi connectivity index (χ3n) is 6.56. The number of ether oxygens (including phenoxy) is 2. The molecule has 38 heavy (non-hydrogen) atoms. The first kappa shape index (κ1) is 30.3. The summed E-state index contributed by atoms with van der Waals surface area (Å²) in [6.07, 6.45) is 6.41. The molecule has 2 aromatic carbocycles. The fourth-order valence-electron chi connectivity index (χ4n) is 4.35. The summed E-state index contributed by atoms with van der Waals surface area (Å²) in [4.78, 5) is 26.1. The average Bonchev–Trinajstić information content (AvgIpc) is 2.95. The Morgan fingerprint density at radius 2 is 1.68 bits per heavy atom. The third-order valence-corrected chi connectivity index (χ3v) is 8.20. The van der Waals surface area contributed by atoms with E-state index in [0.717, 1.165) is 22.8 Å². The molecule has 1 fully saturated rings. The predicted molar refractivity (Wildman–Crippen MR) is 158 cm³/mol. The molecule has 1 saturated carbocycles. The van der Waals surface area contributed by atoms with Crippen LogP contribution < -0.4 is 20.7 Å². The molecule has 2 aromatic rings. The van der Waals surface area contributed by atoms with Crippen molar-refractivity contribution in [3.63, 3.8) is 0 Å². The number of nitrogens with one attached hydrogen (secondary N) is 3. The van der Waals surface area contributed by atoms with E-state index in [1.54, 1.807) is 18.9 Å². The van der Waals surface area contributed by atoms with Crippen molar-refractivity contribution in [1.29, 1.82) is 0 Å². The molecule has 0 aliphatic heterocycles. The van der Waals surface area contributed by atoms with E-state index in [4.69, 9.17) is 9.47 Å². The zero-order chi connectivity index (χ0) is 27.0. The predicted octanol–water partition coefficient (Wildman–Crippen LogP) is 4.43. The maximum Gasteiger partial charge on any atom is 0.243 e. The van der Waals surface area contributed by atoms with E-state index in [9.17, 15) is 9.59 Å². The molecule has 9 heteroatoms. The van der Waals surface area contributed by atoms with Crippen LogP contribution >= 0.6 is 24.4 Å². The van der Waals surface area contributed by atoms with E-state index in [-0.39, 0.29) is 11.8 Å². The van der Waals surface area contributed by atoms with Crippen LogP contribution in [-0.2, 0) is 20.9 Å². The lowest BCUT2D eigenvalue weighted by molar-refractivity contribution is -0.129. The number of thioether (sulfide) groups is 1. The number of amides is 2. The Morgan fingerprint density at radius 1 is 0.974 bits per heavy atom. The number of carbonyl (C=O) groups excluding carboxylic acids is 2. The topological polar surface area (TPSA) is 88.7 Å². The van der Waals surface area contributed by atoms with Crippen LogP contribution in [0.3, 0.4) is 0 Å². The van der Waals surface area contributed by atoms with Gasteiger partial charge in [0.25, 0.3) is 0 Å². The van der Waals surface area contributed by atoms with Gasteiger partial charge in [0.15, 0.2) is 0 Å². The summed E-state index contributed by atoms with van der Waals surface area (Å²) in [6, 6.07) is 16.1. The molecule has 0 unspecified atom stereocenters. The van der Waals surface area contributed by atoms with Crippen LogP contribution in [0.5, 0.6) is 11.5 Å². The van der Waals surface area contributed by atoms with Crippen molar-refractivity contribution in [3.05, 3.63) is 60.2 Å². The van der Waals surface area contributed by atoms with Gasteiger partial charge in [0.2, 0.25) is 11.8 Å². The van der Waals surface area contributed by atoms with Crippen molar-refractivity contribution in [1.82, 2.24) is 16.0 Å². The van der Waals surface area contributed by atoms with Crippen LogP contribution in [-0.4, -0.2) is 61.4 Å². The largest absolute Gasteiger partial charge is 0.457 e. The Bertz CT molecular complexity index is 956. The van der Waals surface area contributed by atoms with Gasteiger partial charge in [-0.05, 0) is 54.3 Å². The average molecular weight is 560 g/mol. The first-order valence-corrected chi connectivity index (χ1v) is 15.2. The van der Waals surface area contributed by atoms with E-state index in [1.807, 2.05) is 54.6 Å². The Kier molecular flexibility index (Phi) is 13.9. The molecule has 0 saturated heterocycles. The van der Waals surface area contributed by atoms with Gasteiger partial charge >= 0.3 is 0 Å². The van der Waals surface area contributed by atoms with Gasteiger partial charge in [-0.3, -0.25) is 9.59 Å². The Hall–Kier alpha value is -2.20. The zero-order valence-electron chi connectivity index (χ0n) is 22.2. The van der Waals surface area contributed by atoms with E-state index in [2.05, 4.69) is 28.6 Å². The van der Waals surface area contributed by atoms with Crippen molar-refractivity contribution in [3.8, 4) is 11.5 Å². The Morgan fingerprint density at radius 3 is 2.37 bits per heavy atom. The zero-order valence-corrected chi connectivity index (χ0v) is 23.9. The third kappa shape index (κ3) is 10.9. The summed E-state index contributed by atoms with van der Waals surface area (Å²) in [5.74, 6) is 3.68. The van der Waals surface area contributed by atoms with Crippen molar-refractivity contribution in [2.24, 2.45) is 5.92 Å². The van der Waals surface area contributed by atoms with Gasteiger partial charge in [-0.2, -0.15) is 24.4 Å². The van der Waals surface area contributed by atoms with Crippen molar-refractivity contribution >= 4 is 36.2 Å². The molecule has 0 bridgehead atoms. The molecule has 3 N–H and O–H groups in total. The van der Waals surface area contributed by atoms with E-state index < -0.39 is 12.1 Å². The second kappa shape index (κ2) is 17.4. The molecule has 0 spiro atoms. The lowest BCUT2D eigenvalue weighted by atomic mass is 9.91. The van der Waals surface area contributed by atoms with Crippen molar-refractivity contribution in [2.75, 3.05) is 37.5 Å². The molecule has 2 amide bonds. The molecule has 0 heterocycles. The minimum atomic E-state index is -0.622. The fourth-order valence-corrected chi connectivity index (χ4v) is 5.92. The minimum absolute atomic E-state index is 0.186. The van der Waals surface area contributed by atoms with Crippen LogP contribution in [0.4, 0.5) is 0 Å². The van der Waals surface area contributed by atoms with Gasteiger partial charge in [-0.1, -0.05) is 49.6 Å². The smallest absolute Gasteiger partial charge is 0.243 e. The number of para-hydroxylation sites is 1. The van der Waals surface area contributed by atoms with Crippen LogP contribution in [0.25, 0.3) is 0 Å². The minimum Gasteiger partial charge on any atom is -0.457 e.